The van der Waals surface area contributed by atoms with Crippen LogP contribution in [-0.2, 0) is 4.79 Å². The van der Waals surface area contributed by atoms with Crippen LogP contribution in [-0.4, -0.2) is 11.1 Å². The van der Waals surface area contributed by atoms with Gasteiger partial charge < -0.3 is 5.11 Å². The fourth-order valence-corrected chi connectivity index (χ4v) is 2.11. The van der Waals surface area contributed by atoms with Crippen molar-refractivity contribution in [3.05, 3.63) is 0 Å². The summed E-state index contributed by atoms with van der Waals surface area (Å²) in [5.41, 5.74) is -0.592. The Bertz CT molecular complexity index is 208. The summed E-state index contributed by atoms with van der Waals surface area (Å²) in [6.45, 7) is 8.16. The number of hydrogen-bond donors (Lipinski definition) is 1. The Morgan fingerprint density at radius 2 is 1.92 bits per heavy atom. The van der Waals surface area contributed by atoms with Gasteiger partial charge in [-0.2, -0.15) is 0 Å². The number of carboxylic acids is 1. The van der Waals surface area contributed by atoms with E-state index in [0.29, 0.717) is 5.92 Å². The molecule has 1 aliphatic carbocycles. The van der Waals surface area contributed by atoms with Crippen molar-refractivity contribution in [3.8, 4) is 0 Å². The fourth-order valence-electron chi connectivity index (χ4n) is 2.11. The lowest BCUT2D eigenvalue weighted by molar-refractivity contribution is -0.154. The molecular weight excluding hydrogens is 152 g/mol. The van der Waals surface area contributed by atoms with Crippen molar-refractivity contribution in [1.82, 2.24) is 0 Å². The molecule has 0 amide bonds. The van der Waals surface area contributed by atoms with E-state index in [1.165, 1.54) is 0 Å². The predicted octanol–water partition coefficient (Wildman–Crippen LogP) is 2.53. The molecule has 1 N–H and O–H groups in total. The highest BCUT2D eigenvalue weighted by Gasteiger charge is 2.54. The summed E-state index contributed by atoms with van der Waals surface area (Å²) in [7, 11) is 0. The normalized spacial score (nSPS) is 39.8. The summed E-state index contributed by atoms with van der Waals surface area (Å²) in [4.78, 5) is 11.1. The summed E-state index contributed by atoms with van der Waals surface area (Å²) in [6, 6.07) is 0. The number of hydrogen-bond acceptors (Lipinski definition) is 1. The summed E-state index contributed by atoms with van der Waals surface area (Å²) in [5, 5.41) is 9.13. The molecule has 0 radical (unpaired) electrons. The number of rotatable bonds is 1. The molecule has 0 unspecified atom stereocenters. The second-order valence-electron chi connectivity index (χ2n) is 4.80. The Labute approximate surface area is 74.0 Å². The number of aliphatic carboxylic acids is 1. The van der Waals surface area contributed by atoms with E-state index in [1.807, 2.05) is 6.92 Å². The van der Waals surface area contributed by atoms with Gasteiger partial charge in [-0.05, 0) is 31.1 Å². The first-order valence-corrected chi connectivity index (χ1v) is 4.56. The van der Waals surface area contributed by atoms with Crippen LogP contribution in [0.1, 0.15) is 40.5 Å². The fraction of sp³-hybridized carbons (Fsp3) is 0.900. The first-order valence-electron chi connectivity index (χ1n) is 4.56. The molecule has 2 nitrogen and oxygen atoms in total. The van der Waals surface area contributed by atoms with Gasteiger partial charge in [0.1, 0.15) is 0 Å². The van der Waals surface area contributed by atoms with E-state index >= 15 is 0 Å². The van der Waals surface area contributed by atoms with E-state index < -0.39 is 11.4 Å². The Kier molecular flexibility index (Phi) is 1.97. The molecule has 0 spiro atoms. The van der Waals surface area contributed by atoms with Gasteiger partial charge in [0.2, 0.25) is 0 Å². The van der Waals surface area contributed by atoms with Crippen LogP contribution in [0.5, 0.6) is 0 Å². The topological polar surface area (TPSA) is 37.3 Å². The van der Waals surface area contributed by atoms with Gasteiger partial charge in [-0.1, -0.05) is 20.8 Å². The summed E-state index contributed by atoms with van der Waals surface area (Å²) in [5.74, 6) is -0.129. The average Bonchev–Trinajstić information content (AvgIpc) is 2.15. The van der Waals surface area contributed by atoms with Crippen molar-refractivity contribution in [2.75, 3.05) is 0 Å². The lowest BCUT2D eigenvalue weighted by Crippen LogP contribution is -2.39. The Hall–Kier alpha value is -0.530. The third-order valence-corrected chi connectivity index (χ3v) is 4.20. The Morgan fingerprint density at radius 3 is 2.08 bits per heavy atom. The zero-order valence-corrected chi connectivity index (χ0v) is 8.35. The van der Waals surface area contributed by atoms with Crippen LogP contribution in [0.4, 0.5) is 0 Å². The van der Waals surface area contributed by atoms with E-state index in [-0.39, 0.29) is 5.41 Å². The Morgan fingerprint density at radius 1 is 1.42 bits per heavy atom. The van der Waals surface area contributed by atoms with Crippen molar-refractivity contribution < 1.29 is 9.90 Å². The molecule has 0 aromatic carbocycles. The van der Waals surface area contributed by atoms with Gasteiger partial charge >= 0.3 is 5.97 Å². The van der Waals surface area contributed by atoms with Gasteiger partial charge in [0, 0.05) is 0 Å². The molecule has 0 aliphatic heterocycles. The van der Waals surface area contributed by atoms with E-state index in [4.69, 9.17) is 5.11 Å². The molecule has 70 valence electrons. The van der Waals surface area contributed by atoms with E-state index in [2.05, 4.69) is 20.8 Å². The lowest BCUT2D eigenvalue weighted by Gasteiger charge is -2.37. The van der Waals surface area contributed by atoms with Crippen LogP contribution in [0.25, 0.3) is 0 Å². The van der Waals surface area contributed by atoms with Gasteiger partial charge in [-0.3, -0.25) is 4.79 Å². The van der Waals surface area contributed by atoms with Crippen LogP contribution in [0, 0.1) is 16.7 Å². The smallest absolute Gasteiger partial charge is 0.309 e. The van der Waals surface area contributed by atoms with Crippen molar-refractivity contribution >= 4 is 5.97 Å². The van der Waals surface area contributed by atoms with Gasteiger partial charge in [0.05, 0.1) is 5.41 Å². The van der Waals surface area contributed by atoms with Crippen LogP contribution in [0.15, 0.2) is 0 Å². The second-order valence-corrected chi connectivity index (χ2v) is 4.80. The number of carboxylic acid groups (broad SMARTS) is 1. The summed E-state index contributed by atoms with van der Waals surface area (Å²) < 4.78 is 0. The lowest BCUT2D eigenvalue weighted by atomic mass is 9.66. The molecule has 1 rings (SSSR count). The minimum Gasteiger partial charge on any atom is -0.481 e. The third-order valence-electron chi connectivity index (χ3n) is 4.20. The molecule has 2 atom stereocenters. The summed E-state index contributed by atoms with van der Waals surface area (Å²) in [6.07, 6.45) is 1.85. The van der Waals surface area contributed by atoms with Gasteiger partial charge in [0.25, 0.3) is 0 Å². The Balaban J connectivity index is 3.01. The van der Waals surface area contributed by atoms with Crippen molar-refractivity contribution in [2.45, 2.75) is 40.5 Å². The molecule has 2 heteroatoms. The molecule has 1 saturated carbocycles. The first kappa shape index (κ1) is 9.56. The maximum Gasteiger partial charge on any atom is 0.309 e. The van der Waals surface area contributed by atoms with Crippen molar-refractivity contribution in [2.24, 2.45) is 16.7 Å². The highest BCUT2D eigenvalue weighted by molar-refractivity contribution is 5.75. The monoisotopic (exact) mass is 170 g/mol. The van der Waals surface area contributed by atoms with Gasteiger partial charge in [-0.15, -0.1) is 0 Å². The van der Waals surface area contributed by atoms with Gasteiger partial charge in [0.15, 0.2) is 0 Å². The van der Waals surface area contributed by atoms with Crippen LogP contribution < -0.4 is 0 Å². The largest absolute Gasteiger partial charge is 0.481 e. The van der Waals surface area contributed by atoms with Crippen LogP contribution in [0.2, 0.25) is 0 Å². The molecule has 0 saturated heterocycles. The molecular formula is C10H18O2. The minimum absolute atomic E-state index is 0.0706. The summed E-state index contributed by atoms with van der Waals surface area (Å²) >= 11 is 0. The van der Waals surface area contributed by atoms with E-state index in [0.717, 1.165) is 12.8 Å². The minimum atomic E-state index is -0.642. The molecule has 1 aliphatic rings. The standard InChI is InChI=1S/C10H18O2/c1-7-5-6-10(4,8(11)12)9(7,2)3/h7H,5-6H2,1-4H3,(H,11,12)/t7-,10+/m0/s1. The highest BCUT2D eigenvalue weighted by atomic mass is 16.4. The van der Waals surface area contributed by atoms with Gasteiger partial charge in [-0.25, -0.2) is 0 Å². The average molecular weight is 170 g/mol. The predicted molar refractivity (Wildman–Crippen MR) is 47.9 cm³/mol. The van der Waals surface area contributed by atoms with Crippen LogP contribution >= 0.6 is 0 Å². The van der Waals surface area contributed by atoms with Crippen molar-refractivity contribution in [3.63, 3.8) is 0 Å². The highest BCUT2D eigenvalue weighted by Crippen LogP contribution is 2.55. The number of carbonyl (C=O) groups is 1. The molecule has 12 heavy (non-hydrogen) atoms. The molecule has 0 aromatic heterocycles. The van der Waals surface area contributed by atoms with Crippen molar-refractivity contribution in [1.29, 1.82) is 0 Å². The zero-order chi connectivity index (χ0) is 9.57. The third kappa shape index (κ3) is 0.970. The first-order chi connectivity index (χ1) is 5.32. The maximum absolute atomic E-state index is 11.1. The van der Waals surface area contributed by atoms with E-state index in [1.54, 1.807) is 0 Å². The SMILES string of the molecule is C[C@H]1CC[C@](C)(C(=O)O)C1(C)C. The molecule has 0 heterocycles. The maximum atomic E-state index is 11.1. The molecule has 0 bridgehead atoms. The van der Waals surface area contributed by atoms with E-state index in [9.17, 15) is 4.79 Å². The van der Waals surface area contributed by atoms with Crippen LogP contribution in [0.3, 0.4) is 0 Å². The molecule has 1 fully saturated rings. The second kappa shape index (κ2) is 2.48. The molecule has 0 aromatic rings. The quantitative estimate of drug-likeness (QED) is 0.656. The zero-order valence-electron chi connectivity index (χ0n) is 8.35.